The Hall–Kier alpha value is -1.82. The first-order valence-electron chi connectivity index (χ1n) is 7.78. The standard InChI is InChI=1S/C18H16Cl2N2O2S/c19-9-1-2-17(23)22-18-21-15-8-7-14(10-16(15)25-18)24-11-12-3-5-13(20)6-4-12/h3-8,10H,1-2,9,11H2,(H,21,22,23). The quantitative estimate of drug-likeness (QED) is 0.539. The van der Waals surface area contributed by atoms with E-state index in [2.05, 4.69) is 10.3 Å². The largest absolute Gasteiger partial charge is 0.489 e. The number of fused-ring (bicyclic) bond motifs is 1. The van der Waals surface area contributed by atoms with Crippen LogP contribution in [0.5, 0.6) is 5.75 Å². The van der Waals surface area contributed by atoms with Crippen molar-refractivity contribution in [3.05, 3.63) is 53.1 Å². The van der Waals surface area contributed by atoms with Gasteiger partial charge in [0.25, 0.3) is 0 Å². The van der Waals surface area contributed by atoms with Crippen LogP contribution < -0.4 is 10.1 Å². The van der Waals surface area contributed by atoms with Gasteiger partial charge in [-0.1, -0.05) is 35.1 Å². The second-order valence-electron chi connectivity index (χ2n) is 5.40. The van der Waals surface area contributed by atoms with E-state index in [1.807, 2.05) is 42.5 Å². The highest BCUT2D eigenvalue weighted by Crippen LogP contribution is 2.29. The van der Waals surface area contributed by atoms with Crippen LogP contribution in [0, 0.1) is 0 Å². The van der Waals surface area contributed by atoms with E-state index in [9.17, 15) is 4.79 Å². The van der Waals surface area contributed by atoms with Crippen molar-refractivity contribution in [2.45, 2.75) is 19.4 Å². The average molecular weight is 395 g/mol. The van der Waals surface area contributed by atoms with Gasteiger partial charge in [-0.3, -0.25) is 4.79 Å². The first-order chi connectivity index (χ1) is 12.1. The molecule has 0 unspecified atom stereocenters. The minimum absolute atomic E-state index is 0.0704. The van der Waals surface area contributed by atoms with Crippen LogP contribution in [0.4, 0.5) is 5.13 Å². The van der Waals surface area contributed by atoms with E-state index in [0.29, 0.717) is 35.5 Å². The minimum Gasteiger partial charge on any atom is -0.489 e. The fraction of sp³-hybridized carbons (Fsp3) is 0.222. The third-order valence-corrected chi connectivity index (χ3v) is 4.92. The molecule has 3 aromatic rings. The number of alkyl halides is 1. The van der Waals surface area contributed by atoms with Crippen LogP contribution in [0.15, 0.2) is 42.5 Å². The molecule has 1 amide bonds. The summed E-state index contributed by atoms with van der Waals surface area (Å²) < 4.78 is 6.78. The van der Waals surface area contributed by atoms with E-state index >= 15 is 0 Å². The lowest BCUT2D eigenvalue weighted by atomic mass is 10.2. The number of carbonyl (C=O) groups excluding carboxylic acids is 1. The van der Waals surface area contributed by atoms with Gasteiger partial charge < -0.3 is 10.1 Å². The van der Waals surface area contributed by atoms with Gasteiger partial charge in [0.2, 0.25) is 5.91 Å². The summed E-state index contributed by atoms with van der Waals surface area (Å²) in [6, 6.07) is 13.2. The SMILES string of the molecule is O=C(CCCCl)Nc1nc2ccc(OCc3ccc(Cl)cc3)cc2s1. The number of nitrogens with one attached hydrogen (secondary N) is 1. The summed E-state index contributed by atoms with van der Waals surface area (Å²) >= 11 is 12.9. The Morgan fingerprint density at radius 3 is 2.76 bits per heavy atom. The van der Waals surface area contributed by atoms with Gasteiger partial charge >= 0.3 is 0 Å². The monoisotopic (exact) mass is 394 g/mol. The van der Waals surface area contributed by atoms with E-state index in [-0.39, 0.29) is 5.91 Å². The number of nitrogens with zero attached hydrogens (tertiary/aromatic N) is 1. The van der Waals surface area contributed by atoms with Crippen LogP contribution in [-0.4, -0.2) is 16.8 Å². The van der Waals surface area contributed by atoms with Gasteiger partial charge in [-0.25, -0.2) is 4.98 Å². The van der Waals surface area contributed by atoms with Crippen molar-refractivity contribution in [2.24, 2.45) is 0 Å². The molecule has 0 saturated heterocycles. The van der Waals surface area contributed by atoms with Crippen molar-refractivity contribution in [2.75, 3.05) is 11.2 Å². The Bertz CT molecular complexity index is 865. The molecule has 0 spiro atoms. The predicted molar refractivity (Wildman–Crippen MR) is 104 cm³/mol. The van der Waals surface area contributed by atoms with E-state index in [1.54, 1.807) is 0 Å². The van der Waals surface area contributed by atoms with Crippen molar-refractivity contribution >= 4 is 55.8 Å². The molecular formula is C18H16Cl2N2O2S. The highest BCUT2D eigenvalue weighted by molar-refractivity contribution is 7.22. The van der Waals surface area contributed by atoms with Gasteiger partial charge in [0.05, 0.1) is 10.2 Å². The van der Waals surface area contributed by atoms with Crippen LogP contribution in [0.25, 0.3) is 10.2 Å². The fourth-order valence-corrected chi connectivity index (χ4v) is 3.37. The number of hydrogen-bond acceptors (Lipinski definition) is 4. The maximum absolute atomic E-state index is 11.8. The molecule has 3 rings (SSSR count). The lowest BCUT2D eigenvalue weighted by Gasteiger charge is -2.06. The molecule has 0 saturated carbocycles. The maximum atomic E-state index is 11.8. The number of rotatable bonds is 7. The number of aromatic nitrogens is 1. The zero-order valence-corrected chi connectivity index (χ0v) is 15.6. The van der Waals surface area contributed by atoms with Crippen LogP contribution >= 0.6 is 34.5 Å². The smallest absolute Gasteiger partial charge is 0.226 e. The van der Waals surface area contributed by atoms with Gasteiger partial charge in [-0.15, -0.1) is 11.6 Å². The predicted octanol–water partition coefficient (Wildman–Crippen LogP) is 5.49. The van der Waals surface area contributed by atoms with Gasteiger partial charge in [-0.2, -0.15) is 0 Å². The van der Waals surface area contributed by atoms with Crippen molar-refractivity contribution in [3.8, 4) is 5.75 Å². The molecule has 1 aromatic heterocycles. The van der Waals surface area contributed by atoms with E-state index in [4.69, 9.17) is 27.9 Å². The van der Waals surface area contributed by atoms with Crippen LogP contribution in [0.2, 0.25) is 5.02 Å². The first kappa shape index (κ1) is 18.0. The zero-order chi connectivity index (χ0) is 17.6. The van der Waals surface area contributed by atoms with E-state index < -0.39 is 0 Å². The number of benzene rings is 2. The second kappa shape index (κ2) is 8.52. The molecule has 0 fully saturated rings. The number of halogens is 2. The molecule has 0 atom stereocenters. The summed E-state index contributed by atoms with van der Waals surface area (Å²) in [5, 5.41) is 4.10. The van der Waals surface area contributed by atoms with Gasteiger partial charge in [0.15, 0.2) is 5.13 Å². The Morgan fingerprint density at radius 2 is 2.00 bits per heavy atom. The number of carbonyl (C=O) groups is 1. The molecule has 2 aromatic carbocycles. The molecule has 0 aliphatic carbocycles. The number of anilines is 1. The summed E-state index contributed by atoms with van der Waals surface area (Å²) in [7, 11) is 0. The first-order valence-corrected chi connectivity index (χ1v) is 9.50. The normalized spacial score (nSPS) is 10.8. The van der Waals surface area contributed by atoms with Crippen LogP contribution in [0.3, 0.4) is 0 Å². The maximum Gasteiger partial charge on any atom is 0.226 e. The number of ether oxygens (including phenoxy) is 1. The van der Waals surface area contributed by atoms with Crippen molar-refractivity contribution in [3.63, 3.8) is 0 Å². The lowest BCUT2D eigenvalue weighted by molar-refractivity contribution is -0.116. The van der Waals surface area contributed by atoms with E-state index in [1.165, 1.54) is 11.3 Å². The third-order valence-electron chi connectivity index (χ3n) is 3.46. The van der Waals surface area contributed by atoms with Crippen LogP contribution in [0.1, 0.15) is 18.4 Å². The molecule has 1 N–H and O–H groups in total. The molecule has 0 aliphatic heterocycles. The summed E-state index contributed by atoms with van der Waals surface area (Å²) in [4.78, 5) is 16.2. The molecule has 0 radical (unpaired) electrons. The van der Waals surface area contributed by atoms with Gasteiger partial charge in [0, 0.05) is 17.3 Å². The highest BCUT2D eigenvalue weighted by atomic mass is 35.5. The Balaban J connectivity index is 1.65. The molecule has 1 heterocycles. The van der Waals surface area contributed by atoms with E-state index in [0.717, 1.165) is 21.5 Å². The Kier molecular flexibility index (Phi) is 6.13. The third kappa shape index (κ3) is 5.08. The Morgan fingerprint density at radius 1 is 1.20 bits per heavy atom. The number of amides is 1. The summed E-state index contributed by atoms with van der Waals surface area (Å²) in [5.41, 5.74) is 1.87. The average Bonchev–Trinajstić information content (AvgIpc) is 3.00. The molecule has 130 valence electrons. The zero-order valence-electron chi connectivity index (χ0n) is 13.3. The van der Waals surface area contributed by atoms with Crippen molar-refractivity contribution in [1.29, 1.82) is 0 Å². The number of thiazole rings is 1. The summed E-state index contributed by atoms with van der Waals surface area (Å²) in [6.07, 6.45) is 1.05. The number of hydrogen-bond donors (Lipinski definition) is 1. The van der Waals surface area contributed by atoms with Crippen molar-refractivity contribution < 1.29 is 9.53 Å². The van der Waals surface area contributed by atoms with Gasteiger partial charge in [0.1, 0.15) is 12.4 Å². The van der Waals surface area contributed by atoms with Gasteiger partial charge in [-0.05, 0) is 42.3 Å². The minimum atomic E-state index is -0.0704. The molecule has 7 heteroatoms. The molecule has 25 heavy (non-hydrogen) atoms. The topological polar surface area (TPSA) is 51.2 Å². The van der Waals surface area contributed by atoms with Crippen LogP contribution in [-0.2, 0) is 11.4 Å². The lowest BCUT2D eigenvalue weighted by Crippen LogP contribution is -2.10. The second-order valence-corrected chi connectivity index (χ2v) is 7.25. The molecule has 0 aliphatic rings. The molecule has 0 bridgehead atoms. The summed E-state index contributed by atoms with van der Waals surface area (Å²) in [5.74, 6) is 1.16. The molecular weight excluding hydrogens is 379 g/mol. The molecule has 4 nitrogen and oxygen atoms in total. The fourth-order valence-electron chi connectivity index (χ4n) is 2.20. The summed E-state index contributed by atoms with van der Waals surface area (Å²) in [6.45, 7) is 0.462. The highest BCUT2D eigenvalue weighted by Gasteiger charge is 2.08. The van der Waals surface area contributed by atoms with Crippen molar-refractivity contribution in [1.82, 2.24) is 4.98 Å². The Labute approximate surface area is 159 Å².